The van der Waals surface area contributed by atoms with E-state index in [1.54, 1.807) is 12.1 Å². The molecule has 0 bridgehead atoms. The van der Waals surface area contributed by atoms with E-state index < -0.39 is 38.4 Å². The third-order valence-corrected chi connectivity index (χ3v) is 7.54. The monoisotopic (exact) mass is 486 g/mol. The van der Waals surface area contributed by atoms with Gasteiger partial charge >= 0.3 is 12.4 Å². The Morgan fingerprint density at radius 3 is 1.84 bits per heavy atom. The van der Waals surface area contributed by atoms with Crippen LogP contribution < -0.4 is 0 Å². The first-order valence-corrected chi connectivity index (χ1v) is 11.1. The molecule has 1 aliphatic heterocycles. The van der Waals surface area contributed by atoms with Crippen molar-refractivity contribution in [1.29, 1.82) is 0 Å². The highest BCUT2D eigenvalue weighted by atomic mass is 32.2. The van der Waals surface area contributed by atoms with Crippen LogP contribution in [0.2, 0.25) is 0 Å². The SMILES string of the molecule is Cc1ccc(C(=O)N2CCN(S(=O)(=O)c3cc(C(F)(F)F)cc(C(F)(F)F)c3)CC2)s1. The van der Waals surface area contributed by atoms with Crippen LogP contribution in [0.15, 0.2) is 35.2 Å². The summed E-state index contributed by atoms with van der Waals surface area (Å²) in [6, 6.07) is 3.64. The number of piperazine rings is 1. The molecule has 0 unspecified atom stereocenters. The molecule has 13 heteroatoms. The minimum Gasteiger partial charge on any atom is -0.335 e. The molecule has 3 rings (SSSR count). The summed E-state index contributed by atoms with van der Waals surface area (Å²) in [4.78, 5) is 14.1. The van der Waals surface area contributed by atoms with Crippen molar-refractivity contribution in [2.45, 2.75) is 24.2 Å². The quantitative estimate of drug-likeness (QED) is 0.610. The maximum Gasteiger partial charge on any atom is 0.416 e. The Morgan fingerprint density at radius 1 is 0.903 bits per heavy atom. The number of halogens is 6. The van der Waals surface area contributed by atoms with Crippen molar-refractivity contribution in [2.24, 2.45) is 0 Å². The van der Waals surface area contributed by atoms with Gasteiger partial charge in [-0.1, -0.05) is 0 Å². The molecule has 0 radical (unpaired) electrons. The van der Waals surface area contributed by atoms with Crippen molar-refractivity contribution in [3.8, 4) is 0 Å². The van der Waals surface area contributed by atoms with Gasteiger partial charge in [-0.25, -0.2) is 8.42 Å². The zero-order valence-corrected chi connectivity index (χ0v) is 17.6. The number of alkyl halides is 6. The first-order valence-electron chi connectivity index (χ1n) is 8.85. The fraction of sp³-hybridized carbons (Fsp3) is 0.389. The van der Waals surface area contributed by atoms with Crippen molar-refractivity contribution in [3.63, 3.8) is 0 Å². The molecule has 170 valence electrons. The van der Waals surface area contributed by atoms with Crippen molar-refractivity contribution < 1.29 is 39.6 Å². The highest BCUT2D eigenvalue weighted by Crippen LogP contribution is 2.38. The van der Waals surface area contributed by atoms with E-state index in [1.165, 1.54) is 16.2 Å². The van der Waals surface area contributed by atoms with E-state index in [2.05, 4.69) is 0 Å². The van der Waals surface area contributed by atoms with E-state index in [4.69, 9.17) is 0 Å². The zero-order chi connectivity index (χ0) is 23.2. The number of benzene rings is 1. The van der Waals surface area contributed by atoms with E-state index in [1.807, 2.05) is 6.92 Å². The lowest BCUT2D eigenvalue weighted by atomic mass is 10.1. The molecule has 0 atom stereocenters. The van der Waals surface area contributed by atoms with Crippen molar-refractivity contribution in [3.05, 3.63) is 51.2 Å². The molecule has 1 saturated heterocycles. The summed E-state index contributed by atoms with van der Waals surface area (Å²) in [7, 11) is -4.64. The average Bonchev–Trinajstić information content (AvgIpc) is 3.12. The van der Waals surface area contributed by atoms with Crippen molar-refractivity contribution >= 4 is 27.3 Å². The summed E-state index contributed by atoms with van der Waals surface area (Å²) in [5, 5.41) is 0. The van der Waals surface area contributed by atoms with Gasteiger partial charge in [-0.3, -0.25) is 4.79 Å². The molecule has 1 aromatic heterocycles. The van der Waals surface area contributed by atoms with E-state index in [-0.39, 0.29) is 50.3 Å². The van der Waals surface area contributed by atoms with Crippen LogP contribution in [0.5, 0.6) is 0 Å². The molecule has 0 saturated carbocycles. The lowest BCUT2D eigenvalue weighted by Crippen LogP contribution is -2.50. The van der Waals surface area contributed by atoms with Gasteiger partial charge in [0.25, 0.3) is 5.91 Å². The second kappa shape index (κ2) is 8.10. The largest absolute Gasteiger partial charge is 0.416 e. The molecule has 5 nitrogen and oxygen atoms in total. The Kier molecular flexibility index (Phi) is 6.15. The summed E-state index contributed by atoms with van der Waals surface area (Å²) in [5.74, 6) is -0.312. The Labute approximate surface area is 177 Å². The summed E-state index contributed by atoms with van der Waals surface area (Å²) in [5.41, 5.74) is -3.41. The summed E-state index contributed by atoms with van der Waals surface area (Å²) in [6.45, 7) is 1.22. The van der Waals surface area contributed by atoms with Crippen LogP contribution in [-0.2, 0) is 22.4 Å². The normalized spacial score (nSPS) is 16.5. The number of nitrogens with zero attached hydrogens (tertiary/aromatic N) is 2. The molecule has 2 heterocycles. The predicted octanol–water partition coefficient (Wildman–Crippen LogP) is 4.24. The fourth-order valence-electron chi connectivity index (χ4n) is 3.06. The molecular weight excluding hydrogens is 470 g/mol. The van der Waals surface area contributed by atoms with Gasteiger partial charge in [0.05, 0.1) is 20.9 Å². The van der Waals surface area contributed by atoms with Gasteiger partial charge in [-0.2, -0.15) is 30.6 Å². The molecule has 1 fully saturated rings. The molecule has 0 spiro atoms. The van der Waals surface area contributed by atoms with Crippen LogP contribution in [0, 0.1) is 6.92 Å². The minimum absolute atomic E-state index is 0.0416. The predicted molar refractivity (Wildman–Crippen MR) is 100 cm³/mol. The van der Waals surface area contributed by atoms with Gasteiger partial charge in [-0.05, 0) is 37.3 Å². The van der Waals surface area contributed by atoms with Gasteiger partial charge in [0.2, 0.25) is 10.0 Å². The minimum atomic E-state index is -5.16. The summed E-state index contributed by atoms with van der Waals surface area (Å²) < 4.78 is 105. The smallest absolute Gasteiger partial charge is 0.335 e. The number of amides is 1. The number of carbonyl (C=O) groups excluding carboxylic acids is 1. The van der Waals surface area contributed by atoms with E-state index >= 15 is 0 Å². The molecule has 1 amide bonds. The third kappa shape index (κ3) is 5.04. The van der Waals surface area contributed by atoms with E-state index in [0.717, 1.165) is 9.18 Å². The van der Waals surface area contributed by atoms with Crippen molar-refractivity contribution in [2.75, 3.05) is 26.2 Å². The molecule has 2 aromatic rings. The number of hydrogen-bond acceptors (Lipinski definition) is 4. The Bertz CT molecular complexity index is 1050. The fourth-order valence-corrected chi connectivity index (χ4v) is 5.39. The van der Waals surface area contributed by atoms with Crippen molar-refractivity contribution in [1.82, 2.24) is 9.21 Å². The lowest BCUT2D eigenvalue weighted by Gasteiger charge is -2.34. The maximum absolute atomic E-state index is 13.1. The highest BCUT2D eigenvalue weighted by molar-refractivity contribution is 7.89. The van der Waals surface area contributed by atoms with Crippen LogP contribution in [0.4, 0.5) is 26.3 Å². The second-order valence-electron chi connectivity index (χ2n) is 6.85. The molecular formula is C18H16F6N2O3S2. The third-order valence-electron chi connectivity index (χ3n) is 4.68. The molecule has 1 aromatic carbocycles. The van der Waals surface area contributed by atoms with E-state index in [9.17, 15) is 39.6 Å². The number of sulfonamides is 1. The zero-order valence-electron chi connectivity index (χ0n) is 15.9. The van der Waals surface area contributed by atoms with Crippen LogP contribution in [-0.4, -0.2) is 49.7 Å². The molecule has 1 aliphatic rings. The Hall–Kier alpha value is -2.12. The Morgan fingerprint density at radius 2 is 1.42 bits per heavy atom. The Balaban J connectivity index is 1.85. The second-order valence-corrected chi connectivity index (χ2v) is 10.1. The lowest BCUT2D eigenvalue weighted by molar-refractivity contribution is -0.143. The topological polar surface area (TPSA) is 57.7 Å². The number of hydrogen-bond donors (Lipinski definition) is 0. The van der Waals surface area contributed by atoms with Crippen LogP contribution >= 0.6 is 11.3 Å². The molecule has 31 heavy (non-hydrogen) atoms. The number of carbonyl (C=O) groups is 1. The average molecular weight is 486 g/mol. The van der Waals surface area contributed by atoms with Crippen LogP contribution in [0.1, 0.15) is 25.7 Å². The summed E-state index contributed by atoms with van der Waals surface area (Å²) in [6.07, 6.45) is -10.3. The van der Waals surface area contributed by atoms with Gasteiger partial charge in [0.1, 0.15) is 0 Å². The number of rotatable bonds is 3. The summed E-state index contributed by atoms with van der Waals surface area (Å²) >= 11 is 1.26. The first kappa shape index (κ1) is 23.5. The number of thiophene rings is 1. The van der Waals surface area contributed by atoms with E-state index in [0.29, 0.717) is 4.88 Å². The van der Waals surface area contributed by atoms with Gasteiger partial charge in [0.15, 0.2) is 0 Å². The van der Waals surface area contributed by atoms with Gasteiger partial charge < -0.3 is 4.90 Å². The molecule has 0 aliphatic carbocycles. The van der Waals surface area contributed by atoms with Gasteiger partial charge in [0, 0.05) is 31.1 Å². The van der Waals surface area contributed by atoms with Crippen LogP contribution in [0.3, 0.4) is 0 Å². The van der Waals surface area contributed by atoms with Crippen LogP contribution in [0.25, 0.3) is 0 Å². The van der Waals surface area contributed by atoms with Gasteiger partial charge in [-0.15, -0.1) is 11.3 Å². The highest BCUT2D eigenvalue weighted by Gasteiger charge is 2.39. The first-order chi connectivity index (χ1) is 14.2. The molecule has 0 N–H and O–H groups in total. The maximum atomic E-state index is 13.1. The standard InChI is InChI=1S/C18H16F6N2O3S2/c1-11-2-3-15(30-11)16(27)25-4-6-26(7-5-25)31(28,29)14-9-12(17(19,20)21)8-13(10-14)18(22,23)24/h2-3,8-10H,4-7H2,1H3. The number of aryl methyl sites for hydroxylation is 1.